The lowest BCUT2D eigenvalue weighted by Gasteiger charge is -2.20. The lowest BCUT2D eigenvalue weighted by molar-refractivity contribution is -0.123. The molecule has 11 heteroatoms. The summed E-state index contributed by atoms with van der Waals surface area (Å²) in [6.07, 6.45) is -0.653. The van der Waals surface area contributed by atoms with Crippen LogP contribution in [-0.4, -0.2) is 60.8 Å². The normalized spacial score (nSPS) is 14.6. The van der Waals surface area contributed by atoms with E-state index in [0.29, 0.717) is 18.8 Å². The molecule has 3 amide bonds. The summed E-state index contributed by atoms with van der Waals surface area (Å²) >= 11 is 11.3. The van der Waals surface area contributed by atoms with E-state index in [1.807, 2.05) is 0 Å². The van der Waals surface area contributed by atoms with E-state index in [9.17, 15) is 23.5 Å². The molecule has 0 aromatic heterocycles. The number of nitrogens with zero attached hydrogens (tertiary/aromatic N) is 2. The number of aliphatic hydroxyl groups excluding tert-OH is 1. The third-order valence-corrected chi connectivity index (χ3v) is 5.45. The maximum Gasteiger partial charge on any atom is 0.324 e. The number of benzene rings is 2. The number of nitrogens with one attached hydrogen (secondary N) is 1. The average molecular weight is 488 g/mol. The Balaban J connectivity index is 1.38. The molecular formula is C21H21Cl2F2N3O4. The molecule has 2 N–H and O–H groups in total. The summed E-state index contributed by atoms with van der Waals surface area (Å²) in [5.41, 5.74) is 0.410. The number of carbonyl (C=O) groups excluding carboxylic acids is 2. The van der Waals surface area contributed by atoms with E-state index in [1.165, 1.54) is 34.1 Å². The van der Waals surface area contributed by atoms with E-state index in [-0.39, 0.29) is 47.9 Å². The zero-order chi connectivity index (χ0) is 23.3. The van der Waals surface area contributed by atoms with Crippen LogP contribution in [0.5, 0.6) is 5.75 Å². The van der Waals surface area contributed by atoms with E-state index >= 15 is 0 Å². The van der Waals surface area contributed by atoms with Gasteiger partial charge in [0, 0.05) is 37.9 Å². The Morgan fingerprint density at radius 1 is 1.12 bits per heavy atom. The van der Waals surface area contributed by atoms with Gasteiger partial charge in [-0.1, -0.05) is 23.2 Å². The fourth-order valence-electron chi connectivity index (χ4n) is 3.09. The molecule has 0 radical (unpaired) electrons. The predicted octanol–water partition coefficient (Wildman–Crippen LogP) is 3.46. The Hall–Kier alpha value is -2.62. The quantitative estimate of drug-likeness (QED) is 0.567. The van der Waals surface area contributed by atoms with Crippen molar-refractivity contribution >= 4 is 40.8 Å². The van der Waals surface area contributed by atoms with Gasteiger partial charge in [-0.2, -0.15) is 0 Å². The smallest absolute Gasteiger partial charge is 0.324 e. The number of urea groups is 1. The Labute approximate surface area is 193 Å². The monoisotopic (exact) mass is 487 g/mol. The first kappa shape index (κ1) is 24.0. The third-order valence-electron chi connectivity index (χ3n) is 4.84. The minimum atomic E-state index is -0.887. The number of halogens is 4. The van der Waals surface area contributed by atoms with E-state index in [4.69, 9.17) is 27.9 Å². The van der Waals surface area contributed by atoms with E-state index < -0.39 is 23.6 Å². The minimum Gasteiger partial charge on any atom is -0.484 e. The lowest BCUT2D eigenvalue weighted by Crippen LogP contribution is -2.38. The highest BCUT2D eigenvalue weighted by Crippen LogP contribution is 2.25. The Morgan fingerprint density at radius 3 is 2.50 bits per heavy atom. The predicted molar refractivity (Wildman–Crippen MR) is 116 cm³/mol. The maximum atomic E-state index is 13.7. The molecule has 1 atom stereocenters. The molecule has 2 aromatic rings. The standard InChI is InChI=1S/C21H21Cl2F2N3O4/c22-16-3-1-13(9-18(16)24)28-8-7-27(21(28)31)6-5-14(29)11-26-20(30)12-32-15-2-4-17(23)19(25)10-15/h1-4,9-10,14,29H,5-8,11-12H2,(H,26,30). The van der Waals surface area contributed by atoms with Crippen molar-refractivity contribution in [3.63, 3.8) is 0 Å². The zero-order valence-electron chi connectivity index (χ0n) is 16.9. The van der Waals surface area contributed by atoms with Crippen molar-refractivity contribution in [3.8, 4) is 5.75 Å². The Morgan fingerprint density at radius 2 is 1.81 bits per heavy atom. The Kier molecular flexibility index (Phi) is 8.11. The first-order valence-corrected chi connectivity index (χ1v) is 10.5. The van der Waals surface area contributed by atoms with Crippen LogP contribution in [0.4, 0.5) is 19.3 Å². The van der Waals surface area contributed by atoms with Crippen LogP contribution in [0, 0.1) is 11.6 Å². The highest BCUT2D eigenvalue weighted by atomic mass is 35.5. The maximum absolute atomic E-state index is 13.7. The lowest BCUT2D eigenvalue weighted by atomic mass is 10.2. The van der Waals surface area contributed by atoms with Gasteiger partial charge in [0.1, 0.15) is 17.4 Å². The molecule has 1 aliphatic heterocycles. The fourth-order valence-corrected chi connectivity index (χ4v) is 3.32. The van der Waals surface area contributed by atoms with Gasteiger partial charge in [-0.25, -0.2) is 13.6 Å². The van der Waals surface area contributed by atoms with Crippen molar-refractivity contribution in [1.29, 1.82) is 0 Å². The first-order valence-electron chi connectivity index (χ1n) is 9.78. The molecule has 0 aliphatic carbocycles. The van der Waals surface area contributed by atoms with Gasteiger partial charge in [0.25, 0.3) is 5.91 Å². The number of carbonyl (C=O) groups is 2. The van der Waals surface area contributed by atoms with E-state index in [0.717, 1.165) is 6.07 Å². The van der Waals surface area contributed by atoms with Crippen LogP contribution in [0.25, 0.3) is 0 Å². The molecule has 0 saturated carbocycles. The summed E-state index contributed by atoms with van der Waals surface area (Å²) in [4.78, 5) is 27.4. The molecule has 0 bridgehead atoms. The molecule has 1 fully saturated rings. The molecule has 2 aromatic carbocycles. The Bertz CT molecular complexity index is 996. The third kappa shape index (κ3) is 6.21. The van der Waals surface area contributed by atoms with Crippen LogP contribution in [0.1, 0.15) is 6.42 Å². The molecule has 3 rings (SSSR count). The molecule has 1 saturated heterocycles. The number of hydrogen-bond donors (Lipinski definition) is 2. The van der Waals surface area contributed by atoms with Crippen molar-refractivity contribution < 1.29 is 28.2 Å². The van der Waals surface area contributed by atoms with E-state index in [2.05, 4.69) is 5.32 Å². The molecule has 172 valence electrons. The number of ether oxygens (including phenoxy) is 1. The van der Waals surface area contributed by atoms with Crippen LogP contribution in [0.2, 0.25) is 10.0 Å². The van der Waals surface area contributed by atoms with Crippen LogP contribution in [-0.2, 0) is 4.79 Å². The molecule has 32 heavy (non-hydrogen) atoms. The van der Waals surface area contributed by atoms with Gasteiger partial charge in [-0.15, -0.1) is 0 Å². The van der Waals surface area contributed by atoms with Crippen molar-refractivity contribution in [2.75, 3.05) is 37.7 Å². The van der Waals surface area contributed by atoms with Crippen LogP contribution >= 0.6 is 23.2 Å². The second kappa shape index (κ2) is 10.8. The van der Waals surface area contributed by atoms with Gasteiger partial charge >= 0.3 is 6.03 Å². The highest BCUT2D eigenvalue weighted by Gasteiger charge is 2.30. The number of hydrogen-bond acceptors (Lipinski definition) is 4. The van der Waals surface area contributed by atoms with Crippen molar-refractivity contribution in [3.05, 3.63) is 58.1 Å². The summed E-state index contributed by atoms with van der Waals surface area (Å²) in [6.45, 7) is 0.683. The largest absolute Gasteiger partial charge is 0.484 e. The summed E-state index contributed by atoms with van der Waals surface area (Å²) in [6, 6.07) is 7.68. The highest BCUT2D eigenvalue weighted by molar-refractivity contribution is 6.31. The number of anilines is 1. The zero-order valence-corrected chi connectivity index (χ0v) is 18.4. The number of amides is 3. The fraction of sp³-hybridized carbons (Fsp3) is 0.333. The second-order valence-electron chi connectivity index (χ2n) is 7.13. The van der Waals surface area contributed by atoms with Crippen LogP contribution in [0.15, 0.2) is 36.4 Å². The van der Waals surface area contributed by atoms with E-state index in [1.54, 1.807) is 6.07 Å². The number of aliphatic hydroxyl groups is 1. The molecule has 7 nitrogen and oxygen atoms in total. The van der Waals surface area contributed by atoms with Crippen LogP contribution in [0.3, 0.4) is 0 Å². The summed E-state index contributed by atoms with van der Waals surface area (Å²) in [7, 11) is 0. The van der Waals surface area contributed by atoms with Gasteiger partial charge in [-0.05, 0) is 36.8 Å². The average Bonchev–Trinajstić information content (AvgIpc) is 3.13. The van der Waals surface area contributed by atoms with Gasteiger partial charge in [0.2, 0.25) is 0 Å². The van der Waals surface area contributed by atoms with Gasteiger partial charge in [0.15, 0.2) is 6.61 Å². The molecule has 1 aliphatic rings. The van der Waals surface area contributed by atoms with Gasteiger partial charge in [0.05, 0.1) is 16.1 Å². The first-order chi connectivity index (χ1) is 15.2. The summed E-state index contributed by atoms with van der Waals surface area (Å²) in [5.74, 6) is -1.60. The molecule has 1 unspecified atom stereocenters. The van der Waals surface area contributed by atoms with Gasteiger partial charge < -0.3 is 20.1 Å². The molecule has 1 heterocycles. The molecule has 0 spiro atoms. The molecular weight excluding hydrogens is 467 g/mol. The van der Waals surface area contributed by atoms with Gasteiger partial charge in [-0.3, -0.25) is 9.69 Å². The van der Waals surface area contributed by atoms with Crippen molar-refractivity contribution in [1.82, 2.24) is 10.2 Å². The SMILES string of the molecule is O=C(COc1ccc(Cl)c(F)c1)NCC(O)CCN1CCN(c2ccc(Cl)c(F)c2)C1=O. The van der Waals surface area contributed by atoms with Crippen molar-refractivity contribution in [2.45, 2.75) is 12.5 Å². The minimum absolute atomic E-state index is 0.0202. The van der Waals surface area contributed by atoms with Crippen LogP contribution < -0.4 is 15.0 Å². The number of rotatable bonds is 9. The summed E-state index contributed by atoms with van der Waals surface area (Å²) in [5, 5.41) is 12.5. The second-order valence-corrected chi connectivity index (χ2v) is 7.95. The summed E-state index contributed by atoms with van der Waals surface area (Å²) < 4.78 is 32.2. The topological polar surface area (TPSA) is 82.1 Å². The van der Waals surface area contributed by atoms with Crippen molar-refractivity contribution in [2.24, 2.45) is 0 Å².